The van der Waals surface area contributed by atoms with Crippen molar-refractivity contribution in [2.75, 3.05) is 7.05 Å². The molecule has 0 fully saturated rings. The molecule has 0 radical (unpaired) electrons. The van der Waals surface area contributed by atoms with E-state index in [4.69, 9.17) is 0 Å². The van der Waals surface area contributed by atoms with Crippen LogP contribution in [0.2, 0.25) is 0 Å². The first-order valence-corrected chi connectivity index (χ1v) is 6.55. The van der Waals surface area contributed by atoms with Crippen LogP contribution >= 0.6 is 38.5 Å². The van der Waals surface area contributed by atoms with Crippen LogP contribution in [0, 0.1) is 9.49 Å². The highest BCUT2D eigenvalue weighted by molar-refractivity contribution is 14.1. The van der Waals surface area contributed by atoms with Crippen LogP contribution in [0.15, 0.2) is 22.7 Å². The third-order valence-electron chi connectivity index (χ3n) is 2.27. The van der Waals surface area contributed by atoms with Gasteiger partial charge in [-0.3, -0.25) is 0 Å². The Morgan fingerprint density at radius 1 is 1.36 bits per heavy atom. The van der Waals surface area contributed by atoms with Gasteiger partial charge in [0.1, 0.15) is 0 Å². The molecule has 0 saturated heterocycles. The lowest BCUT2D eigenvalue weighted by molar-refractivity contribution is 0.441. The van der Waals surface area contributed by atoms with E-state index < -0.39 is 0 Å². The maximum Gasteiger partial charge on any atom is 0.0352 e. The lowest BCUT2D eigenvalue weighted by Crippen LogP contribution is -2.22. The highest BCUT2D eigenvalue weighted by atomic mass is 127. The molecule has 0 bridgehead atoms. The molecule has 0 spiro atoms. The number of rotatable bonds is 3. The molecule has 1 rings (SSSR count). The van der Waals surface area contributed by atoms with E-state index in [-0.39, 0.29) is 0 Å². The van der Waals surface area contributed by atoms with Gasteiger partial charge in [-0.15, -0.1) is 0 Å². The van der Waals surface area contributed by atoms with Crippen molar-refractivity contribution in [1.29, 1.82) is 0 Å². The molecule has 1 aromatic carbocycles. The average Bonchev–Trinajstić information content (AvgIpc) is 2.11. The van der Waals surface area contributed by atoms with Crippen LogP contribution in [0.3, 0.4) is 0 Å². The maximum absolute atomic E-state index is 3.60. The second kappa shape index (κ2) is 5.47. The van der Waals surface area contributed by atoms with Crippen molar-refractivity contribution in [3.63, 3.8) is 0 Å². The van der Waals surface area contributed by atoms with Gasteiger partial charge < -0.3 is 5.32 Å². The Kier molecular flexibility index (Phi) is 4.87. The molecular formula is C11H15BrIN. The van der Waals surface area contributed by atoms with Crippen LogP contribution in [0.25, 0.3) is 0 Å². The molecule has 0 aliphatic heterocycles. The monoisotopic (exact) mass is 367 g/mol. The van der Waals surface area contributed by atoms with Gasteiger partial charge in [-0.05, 0) is 59.3 Å². The largest absolute Gasteiger partial charge is 0.313 e. The van der Waals surface area contributed by atoms with Crippen molar-refractivity contribution < 1.29 is 0 Å². The first kappa shape index (κ1) is 12.5. The third-order valence-corrected chi connectivity index (χ3v) is 3.66. The van der Waals surface area contributed by atoms with Gasteiger partial charge in [0.15, 0.2) is 0 Å². The van der Waals surface area contributed by atoms with Crippen molar-refractivity contribution in [1.82, 2.24) is 5.32 Å². The molecule has 0 saturated carbocycles. The predicted molar refractivity (Wildman–Crippen MR) is 73.5 cm³/mol. The van der Waals surface area contributed by atoms with Crippen LogP contribution in [-0.4, -0.2) is 7.05 Å². The molecule has 3 heteroatoms. The molecule has 1 aromatic rings. The molecule has 0 heterocycles. The number of hydrogen-bond donors (Lipinski definition) is 1. The minimum Gasteiger partial charge on any atom is -0.313 e. The van der Waals surface area contributed by atoms with Gasteiger partial charge in [-0.25, -0.2) is 0 Å². The fourth-order valence-corrected chi connectivity index (χ4v) is 2.61. The van der Waals surface area contributed by atoms with E-state index in [1.54, 1.807) is 0 Å². The van der Waals surface area contributed by atoms with E-state index in [9.17, 15) is 0 Å². The number of hydrogen-bond acceptors (Lipinski definition) is 1. The molecule has 1 nitrogen and oxygen atoms in total. The number of halogens is 2. The summed E-state index contributed by atoms with van der Waals surface area (Å²) in [4.78, 5) is 0. The topological polar surface area (TPSA) is 12.0 Å². The first-order chi connectivity index (χ1) is 6.56. The molecule has 1 atom stereocenters. The molecule has 0 aromatic heterocycles. The molecular weight excluding hydrogens is 353 g/mol. The lowest BCUT2D eigenvalue weighted by atomic mass is 9.96. The average molecular weight is 368 g/mol. The van der Waals surface area contributed by atoms with E-state index in [1.165, 1.54) is 13.6 Å². The van der Waals surface area contributed by atoms with Gasteiger partial charge in [0.05, 0.1) is 0 Å². The standard InChI is InChI=1S/C11H15BrIN/c1-7(2)11(14-3)9-6-8(13)4-5-10(9)12/h4-7,11,14H,1-3H3. The van der Waals surface area contributed by atoms with Gasteiger partial charge in [0.2, 0.25) is 0 Å². The number of nitrogens with one attached hydrogen (secondary N) is 1. The van der Waals surface area contributed by atoms with Crippen LogP contribution in [0.1, 0.15) is 25.5 Å². The minimum atomic E-state index is 0.416. The minimum absolute atomic E-state index is 0.416. The third kappa shape index (κ3) is 2.94. The molecule has 0 aliphatic rings. The van der Waals surface area contributed by atoms with Crippen LogP contribution < -0.4 is 5.32 Å². The molecule has 1 N–H and O–H groups in total. The van der Waals surface area contributed by atoms with Crippen molar-refractivity contribution >= 4 is 38.5 Å². The van der Waals surface area contributed by atoms with Gasteiger partial charge >= 0.3 is 0 Å². The zero-order chi connectivity index (χ0) is 10.7. The second-order valence-corrected chi connectivity index (χ2v) is 5.78. The Morgan fingerprint density at radius 2 is 2.00 bits per heavy atom. The summed E-state index contributed by atoms with van der Waals surface area (Å²) < 4.78 is 2.47. The van der Waals surface area contributed by atoms with E-state index >= 15 is 0 Å². The summed E-state index contributed by atoms with van der Waals surface area (Å²) in [6.07, 6.45) is 0. The zero-order valence-electron chi connectivity index (χ0n) is 8.64. The highest BCUT2D eigenvalue weighted by Gasteiger charge is 2.16. The SMILES string of the molecule is CNC(c1cc(I)ccc1Br)C(C)C. The van der Waals surface area contributed by atoms with Gasteiger partial charge in [-0.1, -0.05) is 29.8 Å². The summed E-state index contributed by atoms with van der Waals surface area (Å²) >= 11 is 5.94. The highest BCUT2D eigenvalue weighted by Crippen LogP contribution is 2.29. The van der Waals surface area contributed by atoms with Gasteiger partial charge in [0, 0.05) is 14.1 Å². The Balaban J connectivity index is 3.08. The molecule has 1 unspecified atom stereocenters. The van der Waals surface area contributed by atoms with E-state index in [0.29, 0.717) is 12.0 Å². The molecule has 0 aliphatic carbocycles. The lowest BCUT2D eigenvalue weighted by Gasteiger charge is -2.22. The Hall–Kier alpha value is 0.390. The Morgan fingerprint density at radius 3 is 2.50 bits per heavy atom. The summed E-state index contributed by atoms with van der Waals surface area (Å²) in [6, 6.07) is 6.87. The van der Waals surface area contributed by atoms with Crippen LogP contribution in [0.5, 0.6) is 0 Å². The predicted octanol–water partition coefficient (Wildman–Crippen LogP) is 3.97. The van der Waals surface area contributed by atoms with E-state index in [1.807, 2.05) is 7.05 Å². The van der Waals surface area contributed by atoms with E-state index in [2.05, 4.69) is 75.9 Å². The van der Waals surface area contributed by atoms with Crippen molar-refractivity contribution in [3.8, 4) is 0 Å². The normalized spacial score (nSPS) is 13.3. The fourth-order valence-electron chi connectivity index (χ4n) is 1.60. The smallest absolute Gasteiger partial charge is 0.0352 e. The van der Waals surface area contributed by atoms with Gasteiger partial charge in [0.25, 0.3) is 0 Å². The summed E-state index contributed by atoms with van der Waals surface area (Å²) in [6.45, 7) is 4.46. The molecule has 78 valence electrons. The van der Waals surface area contributed by atoms with Crippen molar-refractivity contribution in [2.24, 2.45) is 5.92 Å². The van der Waals surface area contributed by atoms with Crippen molar-refractivity contribution in [2.45, 2.75) is 19.9 Å². The zero-order valence-corrected chi connectivity index (χ0v) is 12.4. The van der Waals surface area contributed by atoms with Crippen molar-refractivity contribution in [3.05, 3.63) is 31.8 Å². The molecule has 0 amide bonds. The van der Waals surface area contributed by atoms with Crippen LogP contribution in [-0.2, 0) is 0 Å². The number of benzene rings is 1. The Bertz CT molecular complexity index is 312. The molecule has 14 heavy (non-hydrogen) atoms. The Labute approximate surface area is 108 Å². The fraction of sp³-hybridized carbons (Fsp3) is 0.455. The summed E-state index contributed by atoms with van der Waals surface area (Å²) in [7, 11) is 2.01. The first-order valence-electron chi connectivity index (χ1n) is 4.68. The maximum atomic E-state index is 3.60. The van der Waals surface area contributed by atoms with Gasteiger partial charge in [-0.2, -0.15) is 0 Å². The summed E-state index contributed by atoms with van der Waals surface area (Å²) in [5, 5.41) is 3.35. The summed E-state index contributed by atoms with van der Waals surface area (Å²) in [5.74, 6) is 0.592. The second-order valence-electron chi connectivity index (χ2n) is 3.68. The van der Waals surface area contributed by atoms with E-state index in [0.717, 1.165) is 0 Å². The quantitative estimate of drug-likeness (QED) is 0.797. The van der Waals surface area contributed by atoms with Crippen LogP contribution in [0.4, 0.5) is 0 Å². The summed E-state index contributed by atoms with van der Waals surface area (Å²) in [5.41, 5.74) is 1.34.